The third-order valence-corrected chi connectivity index (χ3v) is 1.56. The van der Waals surface area contributed by atoms with Crippen molar-refractivity contribution in [2.45, 2.75) is 0 Å². The average Bonchev–Trinajstić information content (AvgIpc) is 2.06. The van der Waals surface area contributed by atoms with Gasteiger partial charge in [0.15, 0.2) is 0 Å². The molecule has 1 N–H and O–H groups in total. The van der Waals surface area contributed by atoms with Gasteiger partial charge in [-0.15, -0.1) is 0 Å². The number of carbonyl (C=O) groups excluding carboxylic acids is 2. The van der Waals surface area contributed by atoms with E-state index >= 15 is 0 Å². The van der Waals surface area contributed by atoms with Crippen molar-refractivity contribution in [2.24, 2.45) is 0 Å². The van der Waals surface area contributed by atoms with Gasteiger partial charge in [-0.1, -0.05) is 0 Å². The van der Waals surface area contributed by atoms with E-state index in [1.807, 2.05) is 0 Å². The minimum atomic E-state index is -0.507. The van der Waals surface area contributed by atoms with Crippen molar-refractivity contribution in [1.82, 2.24) is 0 Å². The normalized spacial score (nSPS) is 9.08. The van der Waals surface area contributed by atoms with Crippen LogP contribution in [0.15, 0.2) is 24.3 Å². The second-order valence-corrected chi connectivity index (χ2v) is 2.46. The van der Waals surface area contributed by atoms with E-state index in [1.54, 1.807) is 24.3 Å². The molecule has 0 aromatic heterocycles. The molecule has 0 unspecified atom stereocenters. The topological polar surface area (TPSA) is 46.2 Å². The average molecular weight is 184 g/mol. The molecule has 0 aliphatic heterocycles. The van der Waals surface area contributed by atoms with Crippen LogP contribution in [-0.4, -0.2) is 11.7 Å². The lowest BCUT2D eigenvalue weighted by Crippen LogP contribution is -1.94. The highest BCUT2D eigenvalue weighted by molar-refractivity contribution is 6.67. The van der Waals surface area contributed by atoms with Gasteiger partial charge in [-0.05, 0) is 35.9 Å². The van der Waals surface area contributed by atoms with Gasteiger partial charge in [-0.2, -0.15) is 0 Å². The number of hydrogen-bond donors (Lipinski definition) is 1. The molecule has 1 rings (SSSR count). The second kappa shape index (κ2) is 3.88. The summed E-state index contributed by atoms with van der Waals surface area (Å²) in [5.74, 6) is 0. The third kappa shape index (κ3) is 2.07. The fraction of sp³-hybridized carbons (Fsp3) is 0. The van der Waals surface area contributed by atoms with Crippen LogP contribution in [0, 0.1) is 0 Å². The van der Waals surface area contributed by atoms with Crippen molar-refractivity contribution < 1.29 is 9.59 Å². The van der Waals surface area contributed by atoms with Crippen molar-refractivity contribution in [3.8, 4) is 0 Å². The summed E-state index contributed by atoms with van der Waals surface area (Å²) in [5.41, 5.74) is 1.04. The molecule has 1 aromatic carbocycles. The van der Waals surface area contributed by atoms with Crippen LogP contribution >= 0.6 is 11.6 Å². The Kier molecular flexibility index (Phi) is 2.82. The molecular weight excluding hydrogens is 178 g/mol. The summed E-state index contributed by atoms with van der Waals surface area (Å²) >= 11 is 5.20. The van der Waals surface area contributed by atoms with E-state index in [0.717, 1.165) is 0 Å². The number of rotatable bonds is 3. The zero-order valence-electron chi connectivity index (χ0n) is 6.08. The number of nitrogens with one attached hydrogen (secondary N) is 1. The van der Waals surface area contributed by atoms with Crippen LogP contribution in [0.1, 0.15) is 10.4 Å². The van der Waals surface area contributed by atoms with Crippen LogP contribution in [-0.2, 0) is 4.79 Å². The van der Waals surface area contributed by atoms with Crippen LogP contribution < -0.4 is 5.32 Å². The second-order valence-electron chi connectivity index (χ2n) is 2.11. The maximum absolute atomic E-state index is 10.6. The first kappa shape index (κ1) is 8.74. The zero-order chi connectivity index (χ0) is 8.97. The van der Waals surface area contributed by atoms with Crippen LogP contribution in [0.3, 0.4) is 0 Å². The quantitative estimate of drug-likeness (QED) is 0.572. The van der Waals surface area contributed by atoms with E-state index in [0.29, 0.717) is 17.7 Å². The molecule has 0 fully saturated rings. The summed E-state index contributed by atoms with van der Waals surface area (Å²) in [6, 6.07) is 6.29. The molecule has 1 aromatic rings. The largest absolute Gasteiger partial charge is 0.329 e. The lowest BCUT2D eigenvalue weighted by Gasteiger charge is -1.97. The van der Waals surface area contributed by atoms with Gasteiger partial charge in [0.05, 0.1) is 0 Å². The minimum Gasteiger partial charge on any atom is -0.329 e. The van der Waals surface area contributed by atoms with Crippen LogP contribution in [0.2, 0.25) is 0 Å². The molecule has 0 aliphatic carbocycles. The molecule has 0 spiro atoms. The Bertz CT molecular complexity index is 294. The number of amides is 1. The highest BCUT2D eigenvalue weighted by Gasteiger charge is 1.99. The van der Waals surface area contributed by atoms with Crippen LogP contribution in [0.5, 0.6) is 0 Å². The van der Waals surface area contributed by atoms with E-state index in [4.69, 9.17) is 11.6 Å². The Morgan fingerprint density at radius 3 is 2.33 bits per heavy atom. The van der Waals surface area contributed by atoms with E-state index in [1.165, 1.54) is 0 Å². The highest BCUT2D eigenvalue weighted by atomic mass is 35.5. The first-order valence-electron chi connectivity index (χ1n) is 3.24. The molecule has 0 saturated heterocycles. The Labute approximate surface area is 74.3 Å². The number of halogens is 1. The summed E-state index contributed by atoms with van der Waals surface area (Å²) in [5, 5.41) is 1.93. The molecule has 0 bridgehead atoms. The molecule has 3 nitrogen and oxygen atoms in total. The monoisotopic (exact) mass is 183 g/mol. The van der Waals surface area contributed by atoms with Gasteiger partial charge in [-0.3, -0.25) is 9.59 Å². The molecule has 0 radical (unpaired) electrons. The van der Waals surface area contributed by atoms with Gasteiger partial charge >= 0.3 is 0 Å². The van der Waals surface area contributed by atoms with E-state index in [2.05, 4.69) is 5.32 Å². The predicted molar refractivity (Wildman–Crippen MR) is 46.3 cm³/mol. The van der Waals surface area contributed by atoms with Crippen molar-refractivity contribution in [3.63, 3.8) is 0 Å². The van der Waals surface area contributed by atoms with Crippen LogP contribution in [0.4, 0.5) is 5.69 Å². The number of benzene rings is 1. The van der Waals surface area contributed by atoms with Gasteiger partial charge in [0.25, 0.3) is 5.24 Å². The zero-order valence-corrected chi connectivity index (χ0v) is 6.84. The van der Waals surface area contributed by atoms with Gasteiger partial charge < -0.3 is 5.32 Å². The van der Waals surface area contributed by atoms with Crippen molar-refractivity contribution >= 4 is 28.9 Å². The Morgan fingerprint density at radius 2 is 1.92 bits per heavy atom. The SMILES string of the molecule is O=CNc1ccc(C(=O)Cl)cc1. The number of anilines is 1. The molecule has 0 atom stereocenters. The molecule has 0 aliphatic rings. The smallest absolute Gasteiger partial charge is 0.252 e. The fourth-order valence-electron chi connectivity index (χ4n) is 0.766. The molecule has 1 amide bonds. The third-order valence-electron chi connectivity index (χ3n) is 1.34. The Balaban J connectivity index is 2.85. The molecule has 0 saturated carbocycles. The van der Waals surface area contributed by atoms with Gasteiger partial charge in [0.1, 0.15) is 0 Å². The maximum atomic E-state index is 10.6. The van der Waals surface area contributed by atoms with E-state index in [-0.39, 0.29) is 0 Å². The Hall–Kier alpha value is -1.35. The number of hydrogen-bond acceptors (Lipinski definition) is 2. The summed E-state index contributed by atoms with van der Waals surface area (Å²) in [7, 11) is 0. The molecule has 62 valence electrons. The highest BCUT2D eigenvalue weighted by Crippen LogP contribution is 2.10. The Morgan fingerprint density at radius 1 is 1.33 bits per heavy atom. The first-order valence-corrected chi connectivity index (χ1v) is 3.62. The maximum Gasteiger partial charge on any atom is 0.252 e. The summed E-state index contributed by atoms with van der Waals surface area (Å²) in [6.07, 6.45) is 0.567. The van der Waals surface area contributed by atoms with Gasteiger partial charge in [0.2, 0.25) is 6.41 Å². The fourth-order valence-corrected chi connectivity index (χ4v) is 0.892. The van der Waals surface area contributed by atoms with Crippen molar-refractivity contribution in [1.29, 1.82) is 0 Å². The standard InChI is InChI=1S/C8H6ClNO2/c9-8(12)6-1-3-7(4-2-6)10-5-11/h1-5H,(H,10,11). The summed E-state index contributed by atoms with van der Waals surface area (Å²) in [4.78, 5) is 20.6. The van der Waals surface area contributed by atoms with Gasteiger partial charge in [-0.25, -0.2) is 0 Å². The number of carbonyl (C=O) groups is 2. The summed E-state index contributed by atoms with van der Waals surface area (Å²) < 4.78 is 0. The van der Waals surface area contributed by atoms with Crippen LogP contribution in [0.25, 0.3) is 0 Å². The van der Waals surface area contributed by atoms with E-state index in [9.17, 15) is 9.59 Å². The van der Waals surface area contributed by atoms with Crippen molar-refractivity contribution in [2.75, 3.05) is 5.32 Å². The van der Waals surface area contributed by atoms with Crippen molar-refractivity contribution in [3.05, 3.63) is 29.8 Å². The molecule has 12 heavy (non-hydrogen) atoms. The van der Waals surface area contributed by atoms with E-state index < -0.39 is 5.24 Å². The minimum absolute atomic E-state index is 0.410. The predicted octanol–water partition coefficient (Wildman–Crippen LogP) is 1.63. The first-order chi connectivity index (χ1) is 5.74. The summed E-state index contributed by atoms with van der Waals surface area (Å²) in [6.45, 7) is 0. The lowest BCUT2D eigenvalue weighted by atomic mass is 10.2. The molecular formula is C8H6ClNO2. The molecule has 4 heteroatoms. The molecule has 0 heterocycles. The lowest BCUT2D eigenvalue weighted by molar-refractivity contribution is -0.105. The van der Waals surface area contributed by atoms with Gasteiger partial charge in [0, 0.05) is 11.3 Å².